The summed E-state index contributed by atoms with van der Waals surface area (Å²) < 4.78 is 12.0. The van der Waals surface area contributed by atoms with Gasteiger partial charge in [0.05, 0.1) is 19.8 Å². The van der Waals surface area contributed by atoms with Gasteiger partial charge < -0.3 is 18.9 Å². The molecule has 7 nitrogen and oxygen atoms in total. The molecule has 0 aliphatic carbocycles. The van der Waals surface area contributed by atoms with Crippen molar-refractivity contribution in [3.63, 3.8) is 0 Å². The zero-order valence-electron chi connectivity index (χ0n) is 18.7. The van der Waals surface area contributed by atoms with Gasteiger partial charge in [0.15, 0.2) is 5.78 Å². The highest BCUT2D eigenvalue weighted by Gasteiger charge is 2.32. The SMILES string of the molecule is CCOC(=O)c1c(C)c(C(=O)C(C)N(CC)C(=O)c2cccc(OC)c2)c(C)n1C. The predicted molar refractivity (Wildman–Crippen MR) is 114 cm³/mol. The zero-order chi connectivity index (χ0) is 22.6. The van der Waals surface area contributed by atoms with Crippen molar-refractivity contribution in [1.82, 2.24) is 9.47 Å². The van der Waals surface area contributed by atoms with Crippen molar-refractivity contribution < 1.29 is 23.9 Å². The first kappa shape index (κ1) is 23.2. The van der Waals surface area contributed by atoms with E-state index in [0.29, 0.717) is 40.4 Å². The molecule has 1 amide bonds. The molecule has 30 heavy (non-hydrogen) atoms. The first-order valence-corrected chi connectivity index (χ1v) is 10.0. The third-order valence-electron chi connectivity index (χ3n) is 5.41. The van der Waals surface area contributed by atoms with E-state index in [-0.39, 0.29) is 18.3 Å². The number of Topliss-reactive ketones (excluding diaryl/α,β-unsaturated/α-hetero) is 1. The maximum Gasteiger partial charge on any atom is 0.355 e. The Kier molecular flexibility index (Phi) is 7.43. The Labute approximate surface area is 177 Å². The van der Waals surface area contributed by atoms with Crippen LogP contribution in [0.3, 0.4) is 0 Å². The van der Waals surface area contributed by atoms with Gasteiger partial charge in [-0.05, 0) is 58.4 Å². The van der Waals surface area contributed by atoms with Gasteiger partial charge in [-0.1, -0.05) is 6.07 Å². The Hall–Kier alpha value is -3.09. The van der Waals surface area contributed by atoms with E-state index in [1.165, 1.54) is 12.0 Å². The molecule has 0 aliphatic heterocycles. The second kappa shape index (κ2) is 9.61. The number of carbonyl (C=O) groups is 3. The minimum absolute atomic E-state index is 0.214. The van der Waals surface area contributed by atoms with Crippen molar-refractivity contribution in [3.8, 4) is 5.75 Å². The van der Waals surface area contributed by atoms with Crippen molar-refractivity contribution in [2.75, 3.05) is 20.3 Å². The molecule has 0 saturated carbocycles. The highest BCUT2D eigenvalue weighted by atomic mass is 16.5. The molecule has 0 saturated heterocycles. The summed E-state index contributed by atoms with van der Waals surface area (Å²) >= 11 is 0. The molecule has 7 heteroatoms. The first-order chi connectivity index (χ1) is 14.2. The summed E-state index contributed by atoms with van der Waals surface area (Å²) in [6.45, 7) is 9.41. The molecular weight excluding hydrogens is 384 g/mol. The van der Waals surface area contributed by atoms with Crippen molar-refractivity contribution >= 4 is 17.7 Å². The average molecular weight is 415 g/mol. The second-order valence-electron chi connectivity index (χ2n) is 7.08. The molecule has 1 aromatic carbocycles. The van der Waals surface area contributed by atoms with Crippen molar-refractivity contribution in [1.29, 1.82) is 0 Å². The monoisotopic (exact) mass is 414 g/mol. The number of rotatable bonds is 8. The van der Waals surface area contributed by atoms with Crippen LogP contribution in [0.5, 0.6) is 5.75 Å². The third-order valence-corrected chi connectivity index (χ3v) is 5.41. The Morgan fingerprint density at radius 2 is 1.83 bits per heavy atom. The quantitative estimate of drug-likeness (QED) is 0.488. The van der Waals surface area contributed by atoms with E-state index in [0.717, 1.165) is 0 Å². The number of methoxy groups -OCH3 is 1. The lowest BCUT2D eigenvalue weighted by Crippen LogP contribution is -2.43. The van der Waals surface area contributed by atoms with Crippen LogP contribution in [-0.2, 0) is 11.8 Å². The van der Waals surface area contributed by atoms with E-state index >= 15 is 0 Å². The summed E-state index contributed by atoms with van der Waals surface area (Å²) in [4.78, 5) is 40.4. The summed E-state index contributed by atoms with van der Waals surface area (Å²) in [6.07, 6.45) is 0. The van der Waals surface area contributed by atoms with Gasteiger partial charge >= 0.3 is 5.97 Å². The van der Waals surface area contributed by atoms with Gasteiger partial charge in [-0.25, -0.2) is 4.79 Å². The van der Waals surface area contributed by atoms with Crippen LogP contribution in [0.4, 0.5) is 0 Å². The fourth-order valence-electron chi connectivity index (χ4n) is 3.69. The molecule has 0 fully saturated rings. The van der Waals surface area contributed by atoms with Crippen molar-refractivity contribution in [3.05, 3.63) is 52.3 Å². The molecule has 0 N–H and O–H groups in total. The topological polar surface area (TPSA) is 77.8 Å². The predicted octanol–water partition coefficient (Wildman–Crippen LogP) is 3.56. The molecular formula is C23H30N2O5. The van der Waals surface area contributed by atoms with E-state index in [9.17, 15) is 14.4 Å². The lowest BCUT2D eigenvalue weighted by molar-refractivity contribution is 0.0513. The number of likely N-dealkylation sites (N-methyl/N-ethyl adjacent to an activating group) is 1. The third kappa shape index (κ3) is 4.25. The minimum Gasteiger partial charge on any atom is -0.497 e. The zero-order valence-corrected chi connectivity index (χ0v) is 18.7. The Bertz CT molecular complexity index is 961. The van der Waals surface area contributed by atoms with Gasteiger partial charge in [0, 0.05) is 30.4 Å². The van der Waals surface area contributed by atoms with Gasteiger partial charge in [0.2, 0.25) is 0 Å². The van der Waals surface area contributed by atoms with E-state index in [2.05, 4.69) is 0 Å². The molecule has 1 unspecified atom stereocenters. The molecule has 2 rings (SSSR count). The molecule has 162 valence electrons. The number of ether oxygens (including phenoxy) is 2. The molecule has 1 atom stereocenters. The number of nitrogens with zero attached hydrogens (tertiary/aromatic N) is 2. The Balaban J connectivity index is 2.41. The van der Waals surface area contributed by atoms with Crippen LogP contribution in [0.1, 0.15) is 63.2 Å². The van der Waals surface area contributed by atoms with E-state index < -0.39 is 12.0 Å². The first-order valence-electron chi connectivity index (χ1n) is 10.0. The maximum atomic E-state index is 13.4. The van der Waals surface area contributed by atoms with Crippen LogP contribution in [0.25, 0.3) is 0 Å². The highest BCUT2D eigenvalue weighted by molar-refractivity contribution is 6.07. The van der Waals surface area contributed by atoms with Crippen LogP contribution in [0.2, 0.25) is 0 Å². The molecule has 2 aromatic rings. The molecule has 0 spiro atoms. The largest absolute Gasteiger partial charge is 0.497 e. The van der Waals surface area contributed by atoms with Gasteiger partial charge in [-0.3, -0.25) is 9.59 Å². The van der Waals surface area contributed by atoms with Gasteiger partial charge in [0.1, 0.15) is 11.4 Å². The number of benzene rings is 1. The fourth-order valence-corrected chi connectivity index (χ4v) is 3.69. The second-order valence-corrected chi connectivity index (χ2v) is 7.08. The number of hydrogen-bond acceptors (Lipinski definition) is 5. The van der Waals surface area contributed by atoms with Crippen LogP contribution in [0.15, 0.2) is 24.3 Å². The van der Waals surface area contributed by atoms with E-state index in [4.69, 9.17) is 9.47 Å². The summed E-state index contributed by atoms with van der Waals surface area (Å²) in [5.74, 6) is -0.361. The lowest BCUT2D eigenvalue weighted by atomic mass is 9.99. The lowest BCUT2D eigenvalue weighted by Gasteiger charge is -2.27. The van der Waals surface area contributed by atoms with E-state index in [1.807, 2.05) is 6.92 Å². The normalized spacial score (nSPS) is 11.7. The summed E-state index contributed by atoms with van der Waals surface area (Å²) in [5.41, 5.74) is 2.48. The number of amides is 1. The number of hydrogen-bond donors (Lipinski definition) is 0. The average Bonchev–Trinajstić information content (AvgIpc) is 2.96. The van der Waals surface area contributed by atoms with Crippen LogP contribution in [0, 0.1) is 13.8 Å². The minimum atomic E-state index is -0.705. The summed E-state index contributed by atoms with van der Waals surface area (Å²) in [7, 11) is 3.27. The smallest absolute Gasteiger partial charge is 0.355 e. The van der Waals surface area contributed by atoms with Crippen molar-refractivity contribution in [2.24, 2.45) is 7.05 Å². The highest BCUT2D eigenvalue weighted by Crippen LogP contribution is 2.25. The molecule has 1 heterocycles. The van der Waals surface area contributed by atoms with E-state index in [1.54, 1.807) is 63.6 Å². The molecule has 0 radical (unpaired) electrons. The number of ketones is 1. The number of carbonyl (C=O) groups excluding carboxylic acids is 3. The Morgan fingerprint density at radius 3 is 2.40 bits per heavy atom. The van der Waals surface area contributed by atoms with Gasteiger partial charge in [0.25, 0.3) is 5.91 Å². The summed E-state index contributed by atoms with van der Waals surface area (Å²) in [5, 5.41) is 0. The number of aromatic nitrogens is 1. The van der Waals surface area contributed by atoms with Crippen molar-refractivity contribution in [2.45, 2.75) is 40.7 Å². The van der Waals surface area contributed by atoms with Gasteiger partial charge in [-0.2, -0.15) is 0 Å². The molecule has 0 aliphatic rings. The van der Waals surface area contributed by atoms with Crippen LogP contribution < -0.4 is 4.74 Å². The maximum absolute atomic E-state index is 13.4. The van der Waals surface area contributed by atoms with Crippen LogP contribution in [-0.4, -0.2) is 53.4 Å². The fraction of sp³-hybridized carbons (Fsp3) is 0.435. The van der Waals surface area contributed by atoms with Gasteiger partial charge in [-0.15, -0.1) is 0 Å². The molecule has 1 aromatic heterocycles. The molecule has 0 bridgehead atoms. The standard InChI is InChI=1S/C23H30N2O5/c1-8-25(22(27)17-11-10-12-18(13-17)29-7)16(5)21(26)19-14(3)20(23(28)30-9-2)24(6)15(19)4/h10-13,16H,8-9H2,1-7H3. The van der Waals surface area contributed by atoms with Crippen LogP contribution >= 0.6 is 0 Å². The number of esters is 1. The Morgan fingerprint density at radius 1 is 1.17 bits per heavy atom. The summed E-state index contributed by atoms with van der Waals surface area (Å²) in [6, 6.07) is 6.14.